The van der Waals surface area contributed by atoms with Crippen molar-refractivity contribution >= 4 is 40.9 Å². The van der Waals surface area contributed by atoms with Crippen molar-refractivity contribution in [2.75, 3.05) is 19.6 Å². The van der Waals surface area contributed by atoms with Crippen LogP contribution in [0, 0.1) is 6.92 Å². The first kappa shape index (κ1) is 23.8. The Balaban J connectivity index is 1.41. The minimum absolute atomic E-state index is 0.0224. The summed E-state index contributed by atoms with van der Waals surface area (Å²) in [4.78, 5) is 29.7. The van der Waals surface area contributed by atoms with Gasteiger partial charge in [-0.15, -0.1) is 0 Å². The van der Waals surface area contributed by atoms with Crippen LogP contribution in [0.4, 0.5) is 0 Å². The Hall–Kier alpha value is -2.33. The lowest BCUT2D eigenvalue weighted by atomic mass is 10.0. The predicted octanol–water partition coefficient (Wildman–Crippen LogP) is 4.53. The fraction of sp³-hybridized carbons (Fsp3) is 0.364. The van der Waals surface area contributed by atoms with Crippen LogP contribution in [-0.2, 0) is 10.5 Å². The van der Waals surface area contributed by atoms with Gasteiger partial charge in [0.2, 0.25) is 0 Å². The molecule has 0 amide bonds. The van der Waals surface area contributed by atoms with Gasteiger partial charge in [-0.3, -0.25) is 14.3 Å². The van der Waals surface area contributed by atoms with Crippen LogP contribution in [0.25, 0.3) is 11.3 Å². The quantitative estimate of drug-likeness (QED) is 0.366. The van der Waals surface area contributed by atoms with E-state index in [1.807, 2.05) is 24.1 Å². The Labute approximate surface area is 204 Å². The van der Waals surface area contributed by atoms with Gasteiger partial charge in [0, 0.05) is 47.0 Å². The molecule has 1 fully saturated rings. The van der Waals surface area contributed by atoms with Crippen molar-refractivity contribution in [3.8, 4) is 11.3 Å². The van der Waals surface area contributed by atoms with Gasteiger partial charge in [-0.25, -0.2) is 4.79 Å². The Morgan fingerprint density at radius 3 is 2.58 bits per heavy atom. The van der Waals surface area contributed by atoms with E-state index in [-0.39, 0.29) is 18.3 Å². The fourth-order valence-corrected chi connectivity index (χ4v) is 5.23. The van der Waals surface area contributed by atoms with Gasteiger partial charge in [0.15, 0.2) is 0 Å². The number of nitrogens with zero attached hydrogens (tertiary/aromatic N) is 4. The van der Waals surface area contributed by atoms with Gasteiger partial charge < -0.3 is 9.63 Å². The van der Waals surface area contributed by atoms with Gasteiger partial charge in [0.1, 0.15) is 16.5 Å². The molecule has 1 aliphatic heterocycles. The molecule has 174 valence electrons. The molecule has 0 spiro atoms. The highest BCUT2D eigenvalue weighted by atomic mass is 35.5. The number of carboxylic acid groups (broad SMARTS) is 1. The minimum atomic E-state index is -0.834. The second kappa shape index (κ2) is 10.3. The number of aliphatic carboxylic acids is 1. The average Bonchev–Trinajstić information content (AvgIpc) is 3.23. The van der Waals surface area contributed by atoms with E-state index in [9.17, 15) is 9.59 Å². The highest BCUT2D eigenvalue weighted by Gasteiger charge is 2.23. The predicted molar refractivity (Wildman–Crippen MR) is 127 cm³/mol. The fourth-order valence-electron chi connectivity index (χ4n) is 3.86. The Morgan fingerprint density at radius 2 is 1.91 bits per heavy atom. The van der Waals surface area contributed by atoms with Crippen molar-refractivity contribution < 1.29 is 14.4 Å². The lowest BCUT2D eigenvalue weighted by molar-refractivity contribution is -0.138. The maximum Gasteiger partial charge on any atom is 0.348 e. The molecule has 3 heterocycles. The van der Waals surface area contributed by atoms with E-state index < -0.39 is 5.97 Å². The second-order valence-corrected chi connectivity index (χ2v) is 9.78. The lowest BCUT2D eigenvalue weighted by Gasteiger charge is -2.31. The van der Waals surface area contributed by atoms with Crippen molar-refractivity contribution in [2.45, 2.75) is 36.6 Å². The van der Waals surface area contributed by atoms with Gasteiger partial charge in [-0.1, -0.05) is 40.1 Å². The topological polar surface area (TPSA) is 101 Å². The number of likely N-dealkylation sites (tertiary alicyclic amines) is 1. The van der Waals surface area contributed by atoms with Crippen LogP contribution in [-0.4, -0.2) is 50.3 Å². The summed E-state index contributed by atoms with van der Waals surface area (Å²) in [6, 6.07) is 7.02. The van der Waals surface area contributed by atoms with Crippen LogP contribution in [0.2, 0.25) is 10.0 Å². The van der Waals surface area contributed by atoms with Crippen molar-refractivity contribution in [3.05, 3.63) is 62.3 Å². The summed E-state index contributed by atoms with van der Waals surface area (Å²) in [7, 11) is 0. The molecule has 33 heavy (non-hydrogen) atoms. The highest BCUT2D eigenvalue weighted by molar-refractivity contribution is 7.98. The molecule has 4 rings (SSSR count). The van der Waals surface area contributed by atoms with Gasteiger partial charge in [0.25, 0.3) is 0 Å². The third kappa shape index (κ3) is 5.97. The molecule has 11 heteroatoms. The van der Waals surface area contributed by atoms with Crippen LogP contribution in [0.5, 0.6) is 0 Å². The monoisotopic (exact) mass is 508 g/mol. The molecule has 0 radical (unpaired) electrons. The summed E-state index contributed by atoms with van der Waals surface area (Å²) < 4.78 is 7.11. The molecule has 3 aromatic rings. The summed E-state index contributed by atoms with van der Waals surface area (Å²) in [5.41, 5.74) is 1.99. The Kier molecular flexibility index (Phi) is 7.43. The van der Waals surface area contributed by atoms with Crippen molar-refractivity contribution in [2.24, 2.45) is 0 Å². The number of aromatic nitrogens is 3. The van der Waals surface area contributed by atoms with Gasteiger partial charge in [0.05, 0.1) is 12.3 Å². The first-order chi connectivity index (χ1) is 15.8. The van der Waals surface area contributed by atoms with Gasteiger partial charge in [-0.2, -0.15) is 4.98 Å². The Morgan fingerprint density at radius 1 is 1.21 bits per heavy atom. The summed E-state index contributed by atoms with van der Waals surface area (Å²) in [6.45, 7) is 3.24. The number of hydrogen-bond acceptors (Lipinski definition) is 7. The van der Waals surface area contributed by atoms with Crippen molar-refractivity contribution in [1.29, 1.82) is 0 Å². The molecule has 0 atom stereocenters. The molecule has 1 aliphatic rings. The average molecular weight is 509 g/mol. The van der Waals surface area contributed by atoms with E-state index in [0.29, 0.717) is 45.4 Å². The number of thioether (sulfide) groups is 1. The summed E-state index contributed by atoms with van der Waals surface area (Å²) >= 11 is 13.5. The van der Waals surface area contributed by atoms with Crippen LogP contribution in [0.1, 0.15) is 30.2 Å². The maximum absolute atomic E-state index is 12.7. The molecule has 1 N–H and O–H groups in total. The SMILES string of the molecule is Cc1cn(C2CCN(CC(=O)O)CC2)c(=O)nc1SCc1cc(-c2cc(Cl)cc(Cl)c2)no1. The number of carboxylic acids is 1. The summed E-state index contributed by atoms with van der Waals surface area (Å²) in [6.07, 6.45) is 3.28. The smallest absolute Gasteiger partial charge is 0.348 e. The van der Waals surface area contributed by atoms with E-state index in [1.165, 1.54) is 11.8 Å². The third-order valence-corrected chi connectivity index (χ3v) is 7.02. The molecule has 1 saturated heterocycles. The molecule has 0 aliphatic carbocycles. The number of hydrogen-bond donors (Lipinski definition) is 1. The number of aryl methyl sites for hydroxylation is 1. The third-order valence-electron chi connectivity index (χ3n) is 5.47. The Bertz CT molecular complexity index is 1200. The normalized spacial score (nSPS) is 15.1. The van der Waals surface area contributed by atoms with Gasteiger partial charge in [-0.05, 0) is 43.5 Å². The van der Waals surface area contributed by atoms with Crippen molar-refractivity contribution in [3.63, 3.8) is 0 Å². The molecular formula is C22H22Cl2N4O4S. The van der Waals surface area contributed by atoms with Crippen LogP contribution in [0.3, 0.4) is 0 Å². The molecule has 0 saturated carbocycles. The second-order valence-electron chi connectivity index (χ2n) is 7.95. The maximum atomic E-state index is 12.7. The summed E-state index contributed by atoms with van der Waals surface area (Å²) in [5.74, 6) is 0.272. The van der Waals surface area contributed by atoms with E-state index in [1.54, 1.807) is 22.8 Å². The zero-order valence-electron chi connectivity index (χ0n) is 17.8. The number of halogens is 2. The molecule has 0 bridgehead atoms. The number of piperidine rings is 1. The molecular weight excluding hydrogens is 487 g/mol. The zero-order valence-corrected chi connectivity index (χ0v) is 20.2. The molecule has 0 unspecified atom stereocenters. The largest absolute Gasteiger partial charge is 0.480 e. The van der Waals surface area contributed by atoms with Gasteiger partial charge >= 0.3 is 11.7 Å². The highest BCUT2D eigenvalue weighted by Crippen LogP contribution is 2.30. The number of carbonyl (C=O) groups is 1. The first-order valence-electron chi connectivity index (χ1n) is 10.4. The minimum Gasteiger partial charge on any atom is -0.480 e. The van der Waals surface area contributed by atoms with Crippen LogP contribution in [0.15, 0.2) is 44.8 Å². The van der Waals surface area contributed by atoms with Crippen LogP contribution >= 0.6 is 35.0 Å². The summed E-state index contributed by atoms with van der Waals surface area (Å²) in [5, 5.41) is 14.7. The van der Waals surface area contributed by atoms with Crippen molar-refractivity contribution in [1.82, 2.24) is 19.6 Å². The van der Waals surface area contributed by atoms with Crippen LogP contribution < -0.4 is 5.69 Å². The lowest BCUT2D eigenvalue weighted by Crippen LogP contribution is -2.40. The molecule has 1 aromatic carbocycles. The number of benzene rings is 1. The van der Waals surface area contributed by atoms with E-state index in [4.69, 9.17) is 32.8 Å². The standard InChI is InChI=1S/C22H22Cl2N4O4S/c1-13-10-28(17-2-4-27(5-3-17)11-20(29)30)22(31)25-21(13)33-12-18-9-19(26-32-18)14-6-15(23)8-16(24)7-14/h6-10,17H,2-5,11-12H2,1H3,(H,29,30). The van der Waals surface area contributed by atoms with E-state index in [2.05, 4.69) is 10.1 Å². The zero-order chi connectivity index (χ0) is 23.5. The molecule has 8 nitrogen and oxygen atoms in total. The molecule has 2 aromatic heterocycles. The first-order valence-corrected chi connectivity index (χ1v) is 12.1. The van der Waals surface area contributed by atoms with E-state index >= 15 is 0 Å². The number of rotatable bonds is 7. The van der Waals surface area contributed by atoms with E-state index in [0.717, 1.165) is 24.0 Å².